The van der Waals surface area contributed by atoms with Crippen molar-refractivity contribution in [3.8, 4) is 11.5 Å². The van der Waals surface area contributed by atoms with E-state index in [0.717, 1.165) is 11.3 Å². The fraction of sp³-hybridized carbons (Fsp3) is 0.143. The first-order chi connectivity index (χ1) is 13.6. The van der Waals surface area contributed by atoms with E-state index < -0.39 is 0 Å². The third kappa shape index (κ3) is 4.76. The molecule has 28 heavy (non-hydrogen) atoms. The monoisotopic (exact) mass is 381 g/mol. The number of nitrogens with zero attached hydrogens (tertiary/aromatic N) is 1. The second-order valence-corrected chi connectivity index (χ2v) is 5.93. The Labute approximate surface area is 162 Å². The first-order valence-corrected chi connectivity index (χ1v) is 8.57. The molecule has 0 radical (unpaired) electrons. The fourth-order valence-corrected chi connectivity index (χ4v) is 2.59. The zero-order chi connectivity index (χ0) is 19.9. The molecule has 0 fully saturated rings. The molecule has 7 heteroatoms. The summed E-state index contributed by atoms with van der Waals surface area (Å²) in [4.78, 5) is 16.4. The smallest absolute Gasteiger partial charge is 0.274 e. The molecule has 0 unspecified atom stereocenters. The summed E-state index contributed by atoms with van der Waals surface area (Å²) in [6, 6.07) is 14.6. The average Bonchev–Trinajstić information content (AvgIpc) is 2.73. The molecule has 2 N–H and O–H groups in total. The van der Waals surface area contributed by atoms with Gasteiger partial charge in [0.2, 0.25) is 0 Å². The van der Waals surface area contributed by atoms with E-state index in [0.29, 0.717) is 23.7 Å². The van der Waals surface area contributed by atoms with E-state index in [1.807, 2.05) is 18.2 Å². The number of amides is 1. The lowest BCUT2D eigenvalue weighted by atomic mass is 10.2. The third-order valence-electron chi connectivity index (χ3n) is 4.04. The van der Waals surface area contributed by atoms with Crippen molar-refractivity contribution in [3.05, 3.63) is 77.9 Å². The number of aromatic nitrogens is 1. The summed E-state index contributed by atoms with van der Waals surface area (Å²) in [5.41, 5.74) is 2.49. The molecule has 1 aromatic heterocycles. The molecule has 0 saturated heterocycles. The van der Waals surface area contributed by atoms with Crippen LogP contribution in [0.4, 0.5) is 15.8 Å². The van der Waals surface area contributed by atoms with Crippen molar-refractivity contribution in [1.29, 1.82) is 0 Å². The van der Waals surface area contributed by atoms with E-state index in [1.54, 1.807) is 32.5 Å². The van der Waals surface area contributed by atoms with Crippen molar-refractivity contribution in [2.24, 2.45) is 0 Å². The van der Waals surface area contributed by atoms with E-state index in [9.17, 15) is 9.18 Å². The van der Waals surface area contributed by atoms with Gasteiger partial charge in [-0.2, -0.15) is 0 Å². The van der Waals surface area contributed by atoms with E-state index in [2.05, 4.69) is 15.6 Å². The highest BCUT2D eigenvalue weighted by Crippen LogP contribution is 2.27. The van der Waals surface area contributed by atoms with Crippen LogP contribution in [0, 0.1) is 5.82 Å². The Morgan fingerprint density at radius 1 is 0.964 bits per heavy atom. The van der Waals surface area contributed by atoms with Crippen molar-refractivity contribution in [3.63, 3.8) is 0 Å². The van der Waals surface area contributed by atoms with Gasteiger partial charge in [-0.25, -0.2) is 4.39 Å². The minimum Gasteiger partial charge on any atom is -0.493 e. The van der Waals surface area contributed by atoms with Gasteiger partial charge in [0.15, 0.2) is 11.5 Å². The van der Waals surface area contributed by atoms with Crippen LogP contribution in [0.15, 0.2) is 60.8 Å². The number of pyridine rings is 1. The molecule has 0 saturated carbocycles. The van der Waals surface area contributed by atoms with Gasteiger partial charge in [0, 0.05) is 24.1 Å². The number of benzene rings is 2. The summed E-state index contributed by atoms with van der Waals surface area (Å²) in [6.07, 6.45) is 1.55. The van der Waals surface area contributed by atoms with Crippen molar-refractivity contribution in [2.75, 3.05) is 24.9 Å². The van der Waals surface area contributed by atoms with Gasteiger partial charge in [-0.3, -0.25) is 9.78 Å². The summed E-state index contributed by atoms with van der Waals surface area (Å²) in [5, 5.41) is 5.94. The number of rotatable bonds is 7. The van der Waals surface area contributed by atoms with Crippen LogP contribution in [0.2, 0.25) is 0 Å². The lowest BCUT2D eigenvalue weighted by Gasteiger charge is -2.11. The van der Waals surface area contributed by atoms with E-state index in [-0.39, 0.29) is 17.4 Å². The quantitative estimate of drug-likeness (QED) is 0.645. The number of hydrogen-bond acceptors (Lipinski definition) is 5. The summed E-state index contributed by atoms with van der Waals surface area (Å²) >= 11 is 0. The maximum atomic E-state index is 13.0. The van der Waals surface area contributed by atoms with Crippen molar-refractivity contribution < 1.29 is 18.7 Å². The van der Waals surface area contributed by atoms with Crippen LogP contribution in [-0.2, 0) is 6.54 Å². The molecule has 3 rings (SSSR count). The molecular weight excluding hydrogens is 361 g/mol. The molecule has 1 amide bonds. The predicted molar refractivity (Wildman–Crippen MR) is 105 cm³/mol. The van der Waals surface area contributed by atoms with Crippen LogP contribution in [0.5, 0.6) is 11.5 Å². The lowest BCUT2D eigenvalue weighted by Crippen LogP contribution is -2.14. The molecule has 2 aromatic carbocycles. The number of halogens is 1. The predicted octanol–water partition coefficient (Wildman–Crippen LogP) is 4.10. The van der Waals surface area contributed by atoms with E-state index in [4.69, 9.17) is 9.47 Å². The van der Waals surface area contributed by atoms with Gasteiger partial charge in [-0.1, -0.05) is 6.07 Å². The first kappa shape index (κ1) is 19.2. The van der Waals surface area contributed by atoms with Crippen molar-refractivity contribution in [1.82, 2.24) is 4.98 Å². The zero-order valence-electron chi connectivity index (χ0n) is 15.5. The second-order valence-electron chi connectivity index (χ2n) is 5.93. The molecule has 6 nitrogen and oxygen atoms in total. The molecule has 0 aliphatic rings. The number of carbonyl (C=O) groups is 1. The zero-order valence-corrected chi connectivity index (χ0v) is 15.5. The number of carbonyl (C=O) groups excluding carboxylic acids is 1. The minimum atomic E-state index is -0.374. The van der Waals surface area contributed by atoms with Crippen LogP contribution in [0.25, 0.3) is 0 Å². The number of hydrogen-bond donors (Lipinski definition) is 2. The summed E-state index contributed by atoms with van der Waals surface area (Å²) in [7, 11) is 3.18. The summed E-state index contributed by atoms with van der Waals surface area (Å²) in [6.45, 7) is 0.531. The standard InChI is InChI=1S/C21H20FN3O3/c1-27-19-8-3-14(11-20(19)28-2)13-24-17-9-10-23-18(12-17)21(26)25-16-6-4-15(22)5-7-16/h3-12H,13H2,1-2H3,(H,23,24)(H,25,26). The van der Waals surface area contributed by atoms with Gasteiger partial charge >= 0.3 is 0 Å². The topological polar surface area (TPSA) is 72.5 Å². The largest absolute Gasteiger partial charge is 0.493 e. The van der Waals surface area contributed by atoms with Crippen LogP contribution in [-0.4, -0.2) is 25.1 Å². The van der Waals surface area contributed by atoms with Crippen LogP contribution in [0.1, 0.15) is 16.1 Å². The minimum absolute atomic E-state index is 0.252. The van der Waals surface area contributed by atoms with Crippen LogP contribution < -0.4 is 20.1 Å². The number of nitrogens with one attached hydrogen (secondary N) is 2. The summed E-state index contributed by atoms with van der Waals surface area (Å²) in [5.74, 6) is 0.574. The van der Waals surface area contributed by atoms with Gasteiger partial charge in [-0.05, 0) is 54.1 Å². The van der Waals surface area contributed by atoms with Gasteiger partial charge in [0.05, 0.1) is 14.2 Å². The van der Waals surface area contributed by atoms with Gasteiger partial charge in [-0.15, -0.1) is 0 Å². The Balaban J connectivity index is 1.66. The number of anilines is 2. The van der Waals surface area contributed by atoms with E-state index >= 15 is 0 Å². The molecule has 0 aliphatic heterocycles. The Kier molecular flexibility index (Phi) is 6.06. The van der Waals surface area contributed by atoms with Crippen LogP contribution in [0.3, 0.4) is 0 Å². The molecule has 0 atom stereocenters. The molecule has 0 aliphatic carbocycles. The summed E-state index contributed by atoms with van der Waals surface area (Å²) < 4.78 is 23.5. The van der Waals surface area contributed by atoms with Gasteiger partial charge in [0.25, 0.3) is 5.91 Å². The lowest BCUT2D eigenvalue weighted by molar-refractivity contribution is 0.102. The normalized spacial score (nSPS) is 10.2. The Morgan fingerprint density at radius 2 is 1.71 bits per heavy atom. The molecule has 3 aromatic rings. The highest BCUT2D eigenvalue weighted by atomic mass is 19.1. The maximum absolute atomic E-state index is 13.0. The van der Waals surface area contributed by atoms with Gasteiger partial charge < -0.3 is 20.1 Å². The molecular formula is C21H20FN3O3. The van der Waals surface area contributed by atoms with Crippen molar-refractivity contribution in [2.45, 2.75) is 6.54 Å². The fourth-order valence-electron chi connectivity index (χ4n) is 2.59. The molecule has 144 valence electrons. The third-order valence-corrected chi connectivity index (χ3v) is 4.04. The average molecular weight is 381 g/mol. The van der Waals surface area contributed by atoms with Crippen molar-refractivity contribution >= 4 is 17.3 Å². The number of methoxy groups -OCH3 is 2. The highest BCUT2D eigenvalue weighted by molar-refractivity contribution is 6.03. The Morgan fingerprint density at radius 3 is 2.43 bits per heavy atom. The number of ether oxygens (including phenoxy) is 2. The highest BCUT2D eigenvalue weighted by Gasteiger charge is 2.09. The van der Waals surface area contributed by atoms with E-state index in [1.165, 1.54) is 24.3 Å². The maximum Gasteiger partial charge on any atom is 0.274 e. The molecule has 0 bridgehead atoms. The Hall–Kier alpha value is -3.61. The van der Waals surface area contributed by atoms with Crippen LogP contribution >= 0.6 is 0 Å². The SMILES string of the molecule is COc1ccc(CNc2ccnc(C(=O)Nc3ccc(F)cc3)c2)cc1OC. The molecule has 1 heterocycles. The molecule has 0 spiro atoms. The second kappa shape index (κ2) is 8.85. The first-order valence-electron chi connectivity index (χ1n) is 8.57. The van der Waals surface area contributed by atoms with Gasteiger partial charge in [0.1, 0.15) is 11.5 Å². The Bertz CT molecular complexity index is 961.